The number of ether oxygens (including phenoxy) is 1. The molecule has 0 saturated heterocycles. The lowest BCUT2D eigenvalue weighted by Crippen LogP contribution is -2.36. The van der Waals surface area contributed by atoms with Gasteiger partial charge in [-0.25, -0.2) is 4.39 Å². The van der Waals surface area contributed by atoms with E-state index in [9.17, 15) is 14.0 Å². The van der Waals surface area contributed by atoms with Crippen molar-refractivity contribution in [3.05, 3.63) is 71.5 Å². The maximum Gasteiger partial charge on any atom is 0.307 e. The first-order valence-electron chi connectivity index (χ1n) is 8.30. The van der Waals surface area contributed by atoms with Crippen molar-refractivity contribution in [2.45, 2.75) is 26.3 Å². The first-order chi connectivity index (χ1) is 12.0. The van der Waals surface area contributed by atoms with Crippen LogP contribution in [0.2, 0.25) is 0 Å². The van der Waals surface area contributed by atoms with Gasteiger partial charge in [-0.1, -0.05) is 42.5 Å². The molecule has 0 heterocycles. The standard InChI is InChI=1S/C20H22FNO3/c1-3-25-19(23)13-14-22(15(2)16-9-5-4-6-10-16)20(24)17-11-7-8-12-18(17)21/h4-12,15H,3,13-14H2,1-2H3. The summed E-state index contributed by atoms with van der Waals surface area (Å²) >= 11 is 0. The van der Waals surface area contributed by atoms with E-state index >= 15 is 0 Å². The van der Waals surface area contributed by atoms with Crippen LogP contribution in [0.1, 0.15) is 42.2 Å². The Morgan fingerprint density at radius 1 is 1.08 bits per heavy atom. The molecule has 0 fully saturated rings. The van der Waals surface area contributed by atoms with E-state index in [1.54, 1.807) is 13.0 Å². The Kier molecular flexibility index (Phi) is 6.69. The maximum absolute atomic E-state index is 14.0. The average Bonchev–Trinajstić information content (AvgIpc) is 2.63. The number of carbonyl (C=O) groups is 2. The third-order valence-electron chi connectivity index (χ3n) is 3.98. The lowest BCUT2D eigenvalue weighted by Gasteiger charge is -2.29. The molecular weight excluding hydrogens is 321 g/mol. The Bertz CT molecular complexity index is 718. The highest BCUT2D eigenvalue weighted by molar-refractivity contribution is 5.95. The second kappa shape index (κ2) is 8.97. The van der Waals surface area contributed by atoms with Crippen molar-refractivity contribution in [1.82, 2.24) is 4.90 Å². The highest BCUT2D eigenvalue weighted by Gasteiger charge is 2.25. The van der Waals surface area contributed by atoms with Crippen molar-refractivity contribution in [3.63, 3.8) is 0 Å². The van der Waals surface area contributed by atoms with Gasteiger partial charge in [-0.3, -0.25) is 9.59 Å². The zero-order valence-corrected chi connectivity index (χ0v) is 14.4. The number of esters is 1. The Balaban J connectivity index is 2.26. The summed E-state index contributed by atoms with van der Waals surface area (Å²) in [5.74, 6) is -1.40. The summed E-state index contributed by atoms with van der Waals surface area (Å²) in [6.45, 7) is 4.03. The number of hydrogen-bond acceptors (Lipinski definition) is 3. The van der Waals surface area contributed by atoms with E-state index in [2.05, 4.69) is 0 Å². The zero-order valence-electron chi connectivity index (χ0n) is 14.4. The molecule has 0 aliphatic carbocycles. The monoisotopic (exact) mass is 343 g/mol. The normalized spacial score (nSPS) is 11.6. The summed E-state index contributed by atoms with van der Waals surface area (Å²) < 4.78 is 19.0. The zero-order chi connectivity index (χ0) is 18.2. The van der Waals surface area contributed by atoms with E-state index in [0.29, 0.717) is 0 Å². The number of amides is 1. The van der Waals surface area contributed by atoms with E-state index in [-0.39, 0.29) is 37.1 Å². The van der Waals surface area contributed by atoms with Crippen LogP contribution in [0.15, 0.2) is 54.6 Å². The molecule has 25 heavy (non-hydrogen) atoms. The van der Waals surface area contributed by atoms with Gasteiger partial charge in [0.25, 0.3) is 5.91 Å². The van der Waals surface area contributed by atoms with Crippen LogP contribution in [-0.2, 0) is 9.53 Å². The SMILES string of the molecule is CCOC(=O)CCN(C(=O)c1ccccc1F)C(C)c1ccccc1. The highest BCUT2D eigenvalue weighted by atomic mass is 19.1. The van der Waals surface area contributed by atoms with E-state index in [0.717, 1.165) is 5.56 Å². The molecule has 0 aliphatic heterocycles. The van der Waals surface area contributed by atoms with Gasteiger partial charge >= 0.3 is 5.97 Å². The fourth-order valence-corrected chi connectivity index (χ4v) is 2.62. The summed E-state index contributed by atoms with van der Waals surface area (Å²) in [4.78, 5) is 26.1. The van der Waals surface area contributed by atoms with Gasteiger partial charge in [0.05, 0.1) is 24.6 Å². The van der Waals surface area contributed by atoms with Crippen LogP contribution in [0.25, 0.3) is 0 Å². The highest BCUT2D eigenvalue weighted by Crippen LogP contribution is 2.23. The molecule has 0 N–H and O–H groups in total. The molecule has 2 rings (SSSR count). The molecular formula is C20H22FNO3. The third kappa shape index (κ3) is 4.89. The van der Waals surface area contributed by atoms with Gasteiger partial charge in [-0.2, -0.15) is 0 Å². The molecule has 1 amide bonds. The molecule has 1 atom stereocenters. The van der Waals surface area contributed by atoms with Gasteiger partial charge in [-0.15, -0.1) is 0 Å². The minimum atomic E-state index is -0.575. The smallest absolute Gasteiger partial charge is 0.307 e. The summed E-state index contributed by atoms with van der Waals surface area (Å²) in [7, 11) is 0. The van der Waals surface area contributed by atoms with Crippen molar-refractivity contribution >= 4 is 11.9 Å². The Morgan fingerprint density at radius 2 is 1.72 bits per heavy atom. The number of halogens is 1. The third-order valence-corrected chi connectivity index (χ3v) is 3.98. The van der Waals surface area contributed by atoms with Crippen molar-refractivity contribution in [2.24, 2.45) is 0 Å². The Labute approximate surface area is 147 Å². The van der Waals surface area contributed by atoms with Gasteiger partial charge < -0.3 is 9.64 Å². The van der Waals surface area contributed by atoms with Crippen LogP contribution in [0.5, 0.6) is 0 Å². The number of nitrogens with zero attached hydrogens (tertiary/aromatic N) is 1. The minimum absolute atomic E-state index is 0.00543. The summed E-state index contributed by atoms with van der Waals surface area (Å²) in [5.41, 5.74) is 0.908. The van der Waals surface area contributed by atoms with Gasteiger partial charge in [0.15, 0.2) is 0 Å². The van der Waals surface area contributed by atoms with Crippen LogP contribution in [0.4, 0.5) is 4.39 Å². The van der Waals surface area contributed by atoms with Crippen molar-refractivity contribution in [1.29, 1.82) is 0 Å². The molecule has 2 aromatic carbocycles. The lowest BCUT2D eigenvalue weighted by atomic mass is 10.0. The van der Waals surface area contributed by atoms with Crippen LogP contribution in [0.3, 0.4) is 0 Å². The minimum Gasteiger partial charge on any atom is -0.466 e. The second-order valence-electron chi connectivity index (χ2n) is 5.62. The number of rotatable bonds is 7. The molecule has 4 nitrogen and oxygen atoms in total. The number of hydrogen-bond donors (Lipinski definition) is 0. The molecule has 0 saturated carbocycles. The molecule has 0 aliphatic rings. The predicted molar refractivity (Wildman–Crippen MR) is 93.5 cm³/mol. The molecule has 0 aromatic heterocycles. The first-order valence-corrected chi connectivity index (χ1v) is 8.30. The predicted octanol–water partition coefficient (Wildman–Crippen LogP) is 3.98. The first kappa shape index (κ1) is 18.6. The van der Waals surface area contributed by atoms with E-state index in [4.69, 9.17) is 4.74 Å². The van der Waals surface area contributed by atoms with E-state index in [1.807, 2.05) is 37.3 Å². The van der Waals surface area contributed by atoms with Crippen molar-refractivity contribution in [3.8, 4) is 0 Å². The van der Waals surface area contributed by atoms with Gasteiger partial charge in [-0.05, 0) is 31.5 Å². The molecule has 0 radical (unpaired) electrons. The lowest BCUT2D eigenvalue weighted by molar-refractivity contribution is -0.143. The van der Waals surface area contributed by atoms with E-state index in [1.165, 1.54) is 23.1 Å². The topological polar surface area (TPSA) is 46.6 Å². The number of carbonyl (C=O) groups excluding carboxylic acids is 2. The molecule has 0 spiro atoms. The van der Waals surface area contributed by atoms with Gasteiger partial charge in [0.1, 0.15) is 5.82 Å². The van der Waals surface area contributed by atoms with Gasteiger partial charge in [0, 0.05) is 6.54 Å². The quantitative estimate of drug-likeness (QED) is 0.714. The van der Waals surface area contributed by atoms with Crippen molar-refractivity contribution < 1.29 is 18.7 Å². The fraction of sp³-hybridized carbons (Fsp3) is 0.300. The van der Waals surface area contributed by atoms with E-state index < -0.39 is 11.7 Å². The van der Waals surface area contributed by atoms with Gasteiger partial charge in [0.2, 0.25) is 0 Å². The number of benzene rings is 2. The second-order valence-corrected chi connectivity index (χ2v) is 5.62. The van der Waals surface area contributed by atoms with Crippen LogP contribution in [0, 0.1) is 5.82 Å². The van der Waals surface area contributed by atoms with Crippen molar-refractivity contribution in [2.75, 3.05) is 13.2 Å². The molecule has 5 heteroatoms. The molecule has 2 aromatic rings. The van der Waals surface area contributed by atoms with Crippen LogP contribution >= 0.6 is 0 Å². The molecule has 1 unspecified atom stereocenters. The summed E-state index contributed by atoms with van der Waals surface area (Å²) in [5, 5.41) is 0. The Morgan fingerprint density at radius 3 is 2.36 bits per heavy atom. The molecule has 132 valence electrons. The van der Waals surface area contributed by atoms with Crippen LogP contribution < -0.4 is 0 Å². The fourth-order valence-electron chi connectivity index (χ4n) is 2.62. The summed E-state index contributed by atoms with van der Waals surface area (Å²) in [6, 6.07) is 15.0. The Hall–Kier alpha value is -2.69. The largest absolute Gasteiger partial charge is 0.466 e. The van der Waals surface area contributed by atoms with Crippen LogP contribution in [-0.4, -0.2) is 29.9 Å². The average molecular weight is 343 g/mol. The summed E-state index contributed by atoms with van der Waals surface area (Å²) in [6.07, 6.45) is 0.0607. The maximum atomic E-state index is 14.0. The molecule has 0 bridgehead atoms.